The van der Waals surface area contributed by atoms with Crippen molar-refractivity contribution in [3.8, 4) is 11.5 Å². The van der Waals surface area contributed by atoms with E-state index in [0.717, 1.165) is 10.0 Å². The summed E-state index contributed by atoms with van der Waals surface area (Å²) in [5.41, 5.74) is 6.30. The Morgan fingerprint density at radius 1 is 1.25 bits per heavy atom. The number of benzene rings is 2. The van der Waals surface area contributed by atoms with Crippen LogP contribution in [0.3, 0.4) is 0 Å². The predicted molar refractivity (Wildman–Crippen MR) is 82.9 cm³/mol. The maximum Gasteiger partial charge on any atom is 0.312 e. The number of hydrogen-bond donors (Lipinski definition) is 1. The first-order valence-electron chi connectivity index (χ1n) is 5.62. The van der Waals surface area contributed by atoms with Gasteiger partial charge in [-0.1, -0.05) is 28.1 Å². The summed E-state index contributed by atoms with van der Waals surface area (Å²) in [4.78, 5) is 10.6. The lowest BCUT2D eigenvalue weighted by atomic mass is 10.2. The second kappa shape index (κ2) is 6.34. The van der Waals surface area contributed by atoms with Crippen LogP contribution in [0, 0.1) is 10.1 Å². The maximum absolute atomic E-state index is 11.1. The second-order valence-electron chi connectivity index (χ2n) is 3.90. The van der Waals surface area contributed by atoms with E-state index < -0.39 is 4.92 Å². The molecule has 0 saturated carbocycles. The number of hydrogen-bond acceptors (Lipinski definition) is 4. The van der Waals surface area contributed by atoms with E-state index in [-0.39, 0.29) is 18.0 Å². The molecule has 0 spiro atoms. The van der Waals surface area contributed by atoms with Crippen molar-refractivity contribution in [3.05, 3.63) is 61.0 Å². The van der Waals surface area contributed by atoms with Gasteiger partial charge in [-0.25, -0.2) is 0 Å². The molecule has 0 fully saturated rings. The Hall–Kier alpha value is -1.44. The van der Waals surface area contributed by atoms with Gasteiger partial charge in [-0.2, -0.15) is 0 Å². The van der Waals surface area contributed by atoms with Crippen molar-refractivity contribution >= 4 is 37.5 Å². The summed E-state index contributed by atoms with van der Waals surface area (Å²) in [6.07, 6.45) is 0. The van der Waals surface area contributed by atoms with E-state index in [0.29, 0.717) is 10.2 Å². The molecule has 0 aliphatic rings. The van der Waals surface area contributed by atoms with E-state index in [2.05, 4.69) is 31.9 Å². The molecule has 2 aromatic rings. The second-order valence-corrected chi connectivity index (χ2v) is 5.67. The molecule has 0 aliphatic carbocycles. The lowest BCUT2D eigenvalue weighted by Crippen LogP contribution is -2.01. The summed E-state index contributed by atoms with van der Waals surface area (Å²) >= 11 is 6.60. The number of nitrogens with zero attached hydrogens (tertiary/aromatic N) is 1. The summed E-state index contributed by atoms with van der Waals surface area (Å²) in [5.74, 6) is 0.641. The molecule has 0 saturated heterocycles. The summed E-state index contributed by atoms with van der Waals surface area (Å²) in [6, 6.07) is 10.0. The number of halogens is 2. The third-order valence-corrected chi connectivity index (χ3v) is 3.72. The highest BCUT2D eigenvalue weighted by Crippen LogP contribution is 2.39. The first kappa shape index (κ1) is 15.0. The minimum absolute atomic E-state index is 0.109. The maximum atomic E-state index is 11.1. The van der Waals surface area contributed by atoms with Crippen LogP contribution >= 0.6 is 31.9 Å². The molecule has 2 N–H and O–H groups in total. The van der Waals surface area contributed by atoms with E-state index in [9.17, 15) is 10.1 Å². The lowest BCUT2D eigenvalue weighted by Gasteiger charge is -2.12. The fourth-order valence-corrected chi connectivity index (χ4v) is 2.42. The minimum atomic E-state index is -0.486. The monoisotopic (exact) mass is 400 g/mol. The van der Waals surface area contributed by atoms with Gasteiger partial charge in [0.25, 0.3) is 0 Å². The molecule has 0 atom stereocenters. The highest BCUT2D eigenvalue weighted by molar-refractivity contribution is 9.10. The van der Waals surface area contributed by atoms with Crippen molar-refractivity contribution in [1.82, 2.24) is 0 Å². The van der Waals surface area contributed by atoms with Crippen LogP contribution in [-0.4, -0.2) is 4.92 Å². The average Bonchev–Trinajstić information content (AvgIpc) is 2.41. The number of ether oxygens (including phenoxy) is 1. The highest BCUT2D eigenvalue weighted by atomic mass is 79.9. The molecule has 2 rings (SSSR count). The fraction of sp³-hybridized carbons (Fsp3) is 0.0769. The summed E-state index contributed by atoms with van der Waals surface area (Å²) < 4.78 is 7.02. The van der Waals surface area contributed by atoms with Crippen LogP contribution < -0.4 is 10.5 Å². The van der Waals surface area contributed by atoms with Gasteiger partial charge in [0, 0.05) is 22.6 Å². The minimum Gasteiger partial charge on any atom is -0.449 e. The fourth-order valence-electron chi connectivity index (χ4n) is 1.64. The van der Waals surface area contributed by atoms with Gasteiger partial charge in [0.1, 0.15) is 5.75 Å². The van der Waals surface area contributed by atoms with Crippen molar-refractivity contribution < 1.29 is 9.66 Å². The summed E-state index contributed by atoms with van der Waals surface area (Å²) in [7, 11) is 0. The van der Waals surface area contributed by atoms with Crippen LogP contribution in [0.2, 0.25) is 0 Å². The molecular formula is C13H10Br2N2O3. The van der Waals surface area contributed by atoms with Crippen molar-refractivity contribution in [1.29, 1.82) is 0 Å². The Balaban J connectivity index is 2.50. The molecule has 0 amide bonds. The Morgan fingerprint density at radius 3 is 2.65 bits per heavy atom. The molecule has 2 aromatic carbocycles. The Labute approximate surface area is 132 Å². The first-order valence-corrected chi connectivity index (χ1v) is 7.20. The smallest absolute Gasteiger partial charge is 0.312 e. The molecule has 7 heteroatoms. The van der Waals surface area contributed by atoms with Gasteiger partial charge in [0.05, 0.1) is 9.40 Å². The predicted octanol–water partition coefficient (Wildman–Crippen LogP) is 4.37. The quantitative estimate of drug-likeness (QED) is 0.609. The number of rotatable bonds is 4. The van der Waals surface area contributed by atoms with E-state index in [1.54, 1.807) is 18.2 Å². The number of nitro groups is 1. The first-order chi connectivity index (χ1) is 9.52. The standard InChI is InChI=1S/C13H10Br2N2O3/c14-9-5-4-8(7-16)12(6-9)20-13-10(15)2-1-3-11(13)17(18)19/h1-6H,7,16H2. The number of nitro benzene ring substituents is 1. The largest absolute Gasteiger partial charge is 0.449 e. The van der Waals surface area contributed by atoms with Crippen molar-refractivity contribution in [3.63, 3.8) is 0 Å². The highest BCUT2D eigenvalue weighted by Gasteiger charge is 2.19. The molecule has 104 valence electrons. The third-order valence-electron chi connectivity index (χ3n) is 2.60. The van der Waals surface area contributed by atoms with Crippen LogP contribution in [0.1, 0.15) is 5.56 Å². The molecule has 0 radical (unpaired) electrons. The van der Waals surface area contributed by atoms with E-state index in [1.165, 1.54) is 6.07 Å². The zero-order chi connectivity index (χ0) is 14.7. The van der Waals surface area contributed by atoms with Gasteiger partial charge in [-0.3, -0.25) is 10.1 Å². The topological polar surface area (TPSA) is 78.4 Å². The molecule has 0 heterocycles. The number of nitrogens with two attached hydrogens (primary N) is 1. The van der Waals surface area contributed by atoms with Crippen LogP contribution in [0.4, 0.5) is 5.69 Å². The lowest BCUT2D eigenvalue weighted by molar-refractivity contribution is -0.385. The van der Waals surface area contributed by atoms with Crippen molar-refractivity contribution in [2.45, 2.75) is 6.54 Å². The van der Waals surface area contributed by atoms with Gasteiger partial charge in [0.2, 0.25) is 5.75 Å². The van der Waals surface area contributed by atoms with Crippen LogP contribution in [-0.2, 0) is 6.54 Å². The summed E-state index contributed by atoms with van der Waals surface area (Å²) in [6.45, 7) is 0.279. The molecule has 0 aromatic heterocycles. The van der Waals surface area contributed by atoms with E-state index >= 15 is 0 Å². The van der Waals surface area contributed by atoms with Gasteiger partial charge in [-0.15, -0.1) is 0 Å². The molecule has 0 aliphatic heterocycles. The summed E-state index contributed by atoms with van der Waals surface area (Å²) in [5, 5.41) is 11.1. The molecule has 20 heavy (non-hydrogen) atoms. The van der Waals surface area contributed by atoms with Crippen molar-refractivity contribution in [2.24, 2.45) is 5.73 Å². The zero-order valence-corrected chi connectivity index (χ0v) is 13.3. The van der Waals surface area contributed by atoms with Gasteiger partial charge in [0.15, 0.2) is 0 Å². The molecule has 0 bridgehead atoms. The van der Waals surface area contributed by atoms with Gasteiger partial charge >= 0.3 is 5.69 Å². The Morgan fingerprint density at radius 2 is 2.00 bits per heavy atom. The van der Waals surface area contributed by atoms with Gasteiger partial charge < -0.3 is 10.5 Å². The van der Waals surface area contributed by atoms with E-state index in [1.807, 2.05) is 12.1 Å². The normalized spacial score (nSPS) is 10.3. The van der Waals surface area contributed by atoms with Crippen LogP contribution in [0.5, 0.6) is 11.5 Å². The molecule has 0 unspecified atom stereocenters. The van der Waals surface area contributed by atoms with Crippen LogP contribution in [0.15, 0.2) is 45.3 Å². The Kier molecular flexibility index (Phi) is 4.74. The Bertz CT molecular complexity index is 662. The van der Waals surface area contributed by atoms with Crippen LogP contribution in [0.25, 0.3) is 0 Å². The number of para-hydroxylation sites is 1. The average molecular weight is 402 g/mol. The SMILES string of the molecule is NCc1ccc(Br)cc1Oc1c(Br)cccc1[N+](=O)[O-]. The molecule has 5 nitrogen and oxygen atoms in total. The molecular weight excluding hydrogens is 392 g/mol. The van der Waals surface area contributed by atoms with Crippen molar-refractivity contribution in [2.75, 3.05) is 0 Å². The zero-order valence-electron chi connectivity index (χ0n) is 10.2. The third kappa shape index (κ3) is 3.17. The van der Waals surface area contributed by atoms with Gasteiger partial charge in [-0.05, 0) is 34.1 Å². The van der Waals surface area contributed by atoms with E-state index in [4.69, 9.17) is 10.5 Å².